The minimum Gasteiger partial charge on any atom is -0.293 e. The van der Waals surface area contributed by atoms with Gasteiger partial charge in [-0.05, 0) is 17.7 Å². The van der Waals surface area contributed by atoms with Crippen LogP contribution in [0.25, 0.3) is 0 Å². The number of thioether (sulfide) groups is 1. The van der Waals surface area contributed by atoms with E-state index in [0.717, 1.165) is 5.56 Å². The molecule has 1 aliphatic rings. The number of carbonyl (C=O) groups excluding carboxylic acids is 1. The molecule has 78 valence electrons. The van der Waals surface area contributed by atoms with E-state index in [1.807, 2.05) is 0 Å². The molecule has 1 heterocycles. The standard InChI is InChI=1S/C10H8FNOS2/c11-8-3-1-2-7(4-8)5-12-9(13)6-15-10(12)14/h1-4H,5-6H2. The summed E-state index contributed by atoms with van der Waals surface area (Å²) in [4.78, 5) is 12.9. The highest BCUT2D eigenvalue weighted by molar-refractivity contribution is 8.23. The summed E-state index contributed by atoms with van der Waals surface area (Å²) in [7, 11) is 0. The molecular formula is C10H8FNOS2. The molecule has 1 saturated heterocycles. The molecule has 1 aromatic rings. The topological polar surface area (TPSA) is 20.3 Å². The normalized spacial score (nSPS) is 16.2. The number of benzene rings is 1. The second-order valence-electron chi connectivity index (χ2n) is 3.16. The Morgan fingerprint density at radius 3 is 2.93 bits per heavy atom. The second kappa shape index (κ2) is 4.28. The molecule has 1 fully saturated rings. The van der Waals surface area contributed by atoms with Crippen molar-refractivity contribution in [3.05, 3.63) is 35.6 Å². The molecule has 0 spiro atoms. The van der Waals surface area contributed by atoms with Crippen molar-refractivity contribution in [2.75, 3.05) is 5.75 Å². The van der Waals surface area contributed by atoms with Gasteiger partial charge in [0.2, 0.25) is 5.91 Å². The first-order chi connectivity index (χ1) is 7.16. The number of thiocarbonyl (C=S) groups is 1. The van der Waals surface area contributed by atoms with Gasteiger partial charge in [-0.1, -0.05) is 36.1 Å². The molecule has 0 atom stereocenters. The molecule has 1 aromatic carbocycles. The summed E-state index contributed by atoms with van der Waals surface area (Å²) in [6, 6.07) is 6.20. The summed E-state index contributed by atoms with van der Waals surface area (Å²) in [5.74, 6) is 0.0979. The van der Waals surface area contributed by atoms with E-state index in [-0.39, 0.29) is 11.7 Å². The lowest BCUT2D eigenvalue weighted by Gasteiger charge is -2.14. The maximum absolute atomic E-state index is 12.9. The molecule has 0 radical (unpaired) electrons. The molecule has 2 rings (SSSR count). The summed E-state index contributed by atoms with van der Waals surface area (Å²) >= 11 is 6.37. The van der Waals surface area contributed by atoms with Crippen molar-refractivity contribution in [2.45, 2.75) is 6.54 Å². The van der Waals surface area contributed by atoms with Crippen molar-refractivity contribution in [3.8, 4) is 0 Å². The van der Waals surface area contributed by atoms with Crippen molar-refractivity contribution in [3.63, 3.8) is 0 Å². The Balaban J connectivity index is 2.15. The van der Waals surface area contributed by atoms with E-state index in [1.54, 1.807) is 12.1 Å². The van der Waals surface area contributed by atoms with Crippen LogP contribution < -0.4 is 0 Å². The van der Waals surface area contributed by atoms with E-state index in [9.17, 15) is 9.18 Å². The maximum atomic E-state index is 12.9. The highest BCUT2D eigenvalue weighted by atomic mass is 32.2. The van der Waals surface area contributed by atoms with E-state index >= 15 is 0 Å². The average molecular weight is 241 g/mol. The lowest BCUT2D eigenvalue weighted by atomic mass is 10.2. The minimum atomic E-state index is -0.294. The fraction of sp³-hybridized carbons (Fsp3) is 0.200. The largest absolute Gasteiger partial charge is 0.293 e. The molecule has 0 aromatic heterocycles. The van der Waals surface area contributed by atoms with Crippen LogP contribution in [0.2, 0.25) is 0 Å². The van der Waals surface area contributed by atoms with Crippen molar-refractivity contribution >= 4 is 34.2 Å². The Bertz CT molecular complexity index is 406. The Morgan fingerprint density at radius 1 is 1.53 bits per heavy atom. The summed E-state index contributed by atoms with van der Waals surface area (Å²) < 4.78 is 13.5. The van der Waals surface area contributed by atoms with E-state index in [4.69, 9.17) is 12.2 Å². The van der Waals surface area contributed by atoms with Gasteiger partial charge in [-0.25, -0.2) is 4.39 Å². The van der Waals surface area contributed by atoms with Crippen LogP contribution in [0.4, 0.5) is 4.39 Å². The lowest BCUT2D eigenvalue weighted by molar-refractivity contribution is -0.124. The first-order valence-electron chi connectivity index (χ1n) is 4.38. The van der Waals surface area contributed by atoms with Crippen LogP contribution in [0.5, 0.6) is 0 Å². The Morgan fingerprint density at radius 2 is 2.33 bits per heavy atom. The zero-order chi connectivity index (χ0) is 10.8. The number of nitrogens with zero attached hydrogens (tertiary/aromatic N) is 1. The predicted molar refractivity (Wildman–Crippen MR) is 62.0 cm³/mol. The van der Waals surface area contributed by atoms with Gasteiger partial charge in [0.15, 0.2) is 0 Å². The van der Waals surface area contributed by atoms with Crippen molar-refractivity contribution in [2.24, 2.45) is 0 Å². The van der Waals surface area contributed by atoms with Crippen molar-refractivity contribution < 1.29 is 9.18 Å². The van der Waals surface area contributed by atoms with Gasteiger partial charge in [0.05, 0.1) is 12.3 Å². The third kappa shape index (κ3) is 2.35. The monoisotopic (exact) mass is 241 g/mol. The molecule has 0 saturated carbocycles. The highest BCUT2D eigenvalue weighted by Gasteiger charge is 2.26. The zero-order valence-corrected chi connectivity index (χ0v) is 9.41. The van der Waals surface area contributed by atoms with Crippen LogP contribution in [0.1, 0.15) is 5.56 Å². The average Bonchev–Trinajstić information content (AvgIpc) is 2.50. The van der Waals surface area contributed by atoms with Gasteiger partial charge in [-0.15, -0.1) is 0 Å². The summed E-state index contributed by atoms with van der Waals surface area (Å²) in [6.45, 7) is 0.364. The first-order valence-corrected chi connectivity index (χ1v) is 5.78. The maximum Gasteiger partial charge on any atom is 0.238 e. The third-order valence-electron chi connectivity index (χ3n) is 2.07. The van der Waals surface area contributed by atoms with Gasteiger partial charge < -0.3 is 0 Å². The zero-order valence-electron chi connectivity index (χ0n) is 7.77. The second-order valence-corrected chi connectivity index (χ2v) is 4.77. The van der Waals surface area contributed by atoms with Gasteiger partial charge in [-0.3, -0.25) is 9.69 Å². The number of hydrogen-bond donors (Lipinski definition) is 0. The fourth-order valence-corrected chi connectivity index (χ4v) is 2.42. The Labute approximate surface area is 96.5 Å². The van der Waals surface area contributed by atoms with Crippen LogP contribution in [0.15, 0.2) is 24.3 Å². The molecule has 5 heteroatoms. The summed E-state index contributed by atoms with van der Waals surface area (Å²) in [5.41, 5.74) is 0.758. The van der Waals surface area contributed by atoms with Crippen LogP contribution in [-0.2, 0) is 11.3 Å². The van der Waals surface area contributed by atoms with E-state index in [1.165, 1.54) is 28.8 Å². The molecular weight excluding hydrogens is 233 g/mol. The predicted octanol–water partition coefficient (Wildman–Crippen LogP) is 2.19. The SMILES string of the molecule is O=C1CSC(=S)N1Cc1cccc(F)c1. The molecule has 15 heavy (non-hydrogen) atoms. The van der Waals surface area contributed by atoms with Gasteiger partial charge >= 0.3 is 0 Å². The fourth-order valence-electron chi connectivity index (χ4n) is 1.35. The molecule has 0 aliphatic carbocycles. The summed E-state index contributed by atoms with van der Waals surface area (Å²) in [6.07, 6.45) is 0. The minimum absolute atomic E-state index is 0.00531. The lowest BCUT2D eigenvalue weighted by Crippen LogP contribution is -2.27. The number of hydrogen-bond acceptors (Lipinski definition) is 3. The molecule has 0 bridgehead atoms. The summed E-state index contributed by atoms with van der Waals surface area (Å²) in [5, 5.41) is 0. The van der Waals surface area contributed by atoms with Gasteiger partial charge in [0, 0.05) is 0 Å². The molecule has 0 unspecified atom stereocenters. The first kappa shape index (κ1) is 10.6. The molecule has 1 aliphatic heterocycles. The van der Waals surface area contributed by atoms with Crippen molar-refractivity contribution in [1.29, 1.82) is 0 Å². The third-order valence-corrected chi connectivity index (χ3v) is 3.50. The van der Waals surface area contributed by atoms with Crippen molar-refractivity contribution in [1.82, 2.24) is 4.90 Å². The van der Waals surface area contributed by atoms with Gasteiger partial charge in [0.1, 0.15) is 10.1 Å². The molecule has 1 amide bonds. The van der Waals surface area contributed by atoms with Crippen LogP contribution in [0.3, 0.4) is 0 Å². The van der Waals surface area contributed by atoms with Gasteiger partial charge in [-0.2, -0.15) is 0 Å². The molecule has 2 nitrogen and oxygen atoms in total. The highest BCUT2D eigenvalue weighted by Crippen LogP contribution is 2.21. The number of halogens is 1. The Kier molecular flexibility index (Phi) is 3.02. The number of rotatable bonds is 2. The Hall–Kier alpha value is -0.940. The number of amides is 1. The molecule has 0 N–H and O–H groups in total. The van der Waals surface area contributed by atoms with E-state index < -0.39 is 0 Å². The smallest absolute Gasteiger partial charge is 0.238 e. The van der Waals surface area contributed by atoms with E-state index in [2.05, 4.69) is 0 Å². The van der Waals surface area contributed by atoms with Gasteiger partial charge in [0.25, 0.3) is 0 Å². The quantitative estimate of drug-likeness (QED) is 0.740. The van der Waals surface area contributed by atoms with Crippen LogP contribution >= 0.6 is 24.0 Å². The van der Waals surface area contributed by atoms with Crippen LogP contribution in [0, 0.1) is 5.82 Å². The van der Waals surface area contributed by atoms with E-state index in [0.29, 0.717) is 16.6 Å². The number of carbonyl (C=O) groups is 1. The van der Waals surface area contributed by atoms with Crippen LogP contribution in [-0.4, -0.2) is 20.9 Å².